The molecular formula is C15H14F3N3O6. The number of aliphatic hydroxyl groups is 1. The van der Waals surface area contributed by atoms with Crippen LogP contribution in [0.3, 0.4) is 0 Å². The molecule has 0 bridgehead atoms. The monoisotopic (exact) mass is 389 g/mol. The Morgan fingerprint density at radius 1 is 1.44 bits per heavy atom. The van der Waals surface area contributed by atoms with E-state index in [0.29, 0.717) is 18.2 Å². The average Bonchev–Trinajstić information content (AvgIpc) is 2.90. The largest absolute Gasteiger partial charge is 0.466 e. The summed E-state index contributed by atoms with van der Waals surface area (Å²) in [6, 6.07) is 1.66. The second-order valence-corrected chi connectivity index (χ2v) is 5.41. The van der Waals surface area contributed by atoms with Gasteiger partial charge in [0.2, 0.25) is 0 Å². The van der Waals surface area contributed by atoms with Crippen molar-refractivity contribution >= 4 is 23.3 Å². The van der Waals surface area contributed by atoms with E-state index in [2.05, 4.69) is 10.1 Å². The SMILES string of the molecule is COC(=O)C1=C(Nc2cc(C(F)(F)F)ccc2[N+](=O)[O-])C(=O)N(CCO)C1. The van der Waals surface area contributed by atoms with Crippen molar-refractivity contribution in [3.05, 3.63) is 45.1 Å². The highest BCUT2D eigenvalue weighted by Crippen LogP contribution is 2.36. The molecule has 0 saturated carbocycles. The molecule has 0 aromatic heterocycles. The number of amides is 1. The first kappa shape index (κ1) is 20.2. The molecule has 0 radical (unpaired) electrons. The Morgan fingerprint density at radius 3 is 2.63 bits per heavy atom. The number of alkyl halides is 3. The Labute approximate surface area is 150 Å². The summed E-state index contributed by atoms with van der Waals surface area (Å²) in [5.74, 6) is -1.74. The lowest BCUT2D eigenvalue weighted by Gasteiger charge is -2.15. The lowest BCUT2D eigenvalue weighted by atomic mass is 10.1. The number of nitrogens with zero attached hydrogens (tertiary/aromatic N) is 2. The predicted octanol–water partition coefficient (Wildman–Crippen LogP) is 1.29. The fraction of sp³-hybridized carbons (Fsp3) is 0.333. The van der Waals surface area contributed by atoms with Crippen LogP contribution in [0.1, 0.15) is 5.56 Å². The van der Waals surface area contributed by atoms with Crippen LogP contribution >= 0.6 is 0 Å². The van der Waals surface area contributed by atoms with Crippen LogP contribution in [0.15, 0.2) is 29.5 Å². The van der Waals surface area contributed by atoms with Gasteiger partial charge in [0, 0.05) is 12.6 Å². The van der Waals surface area contributed by atoms with Gasteiger partial charge in [0.25, 0.3) is 11.6 Å². The van der Waals surface area contributed by atoms with Gasteiger partial charge >= 0.3 is 12.1 Å². The Morgan fingerprint density at radius 2 is 2.11 bits per heavy atom. The molecule has 1 heterocycles. The molecule has 12 heteroatoms. The Hall–Kier alpha value is -3.15. The molecule has 9 nitrogen and oxygen atoms in total. The molecule has 2 N–H and O–H groups in total. The highest BCUT2D eigenvalue weighted by Gasteiger charge is 2.37. The molecule has 2 rings (SSSR count). The van der Waals surface area contributed by atoms with Gasteiger partial charge in [-0.25, -0.2) is 4.79 Å². The van der Waals surface area contributed by atoms with Crippen molar-refractivity contribution in [2.75, 3.05) is 32.1 Å². The van der Waals surface area contributed by atoms with Crippen molar-refractivity contribution in [2.24, 2.45) is 0 Å². The molecule has 1 aliphatic heterocycles. The van der Waals surface area contributed by atoms with Gasteiger partial charge in [0.15, 0.2) is 0 Å². The number of rotatable bonds is 6. The third-order valence-electron chi connectivity index (χ3n) is 3.73. The Bertz CT molecular complexity index is 822. The minimum Gasteiger partial charge on any atom is -0.466 e. The minimum absolute atomic E-state index is 0.144. The number of carbonyl (C=O) groups is 2. The molecule has 1 aliphatic rings. The lowest BCUT2D eigenvalue weighted by Crippen LogP contribution is -2.31. The summed E-state index contributed by atoms with van der Waals surface area (Å²) in [5.41, 5.74) is -3.16. The summed E-state index contributed by atoms with van der Waals surface area (Å²) in [5, 5.41) is 22.4. The van der Waals surface area contributed by atoms with Gasteiger partial charge in [-0.05, 0) is 12.1 Å². The fourth-order valence-corrected chi connectivity index (χ4v) is 2.46. The normalized spacial score (nSPS) is 14.6. The zero-order valence-electron chi connectivity index (χ0n) is 13.9. The van der Waals surface area contributed by atoms with E-state index in [-0.39, 0.29) is 18.7 Å². The molecular weight excluding hydrogens is 375 g/mol. The van der Waals surface area contributed by atoms with Crippen molar-refractivity contribution in [1.82, 2.24) is 4.90 Å². The number of nitro groups is 1. The summed E-state index contributed by atoms with van der Waals surface area (Å²) in [7, 11) is 1.04. The average molecular weight is 389 g/mol. The molecule has 0 saturated heterocycles. The van der Waals surface area contributed by atoms with E-state index in [0.717, 1.165) is 12.0 Å². The second-order valence-electron chi connectivity index (χ2n) is 5.41. The van der Waals surface area contributed by atoms with Crippen molar-refractivity contribution in [3.63, 3.8) is 0 Å². The molecule has 0 atom stereocenters. The highest BCUT2D eigenvalue weighted by molar-refractivity contribution is 6.08. The zero-order chi connectivity index (χ0) is 20.4. The first-order chi connectivity index (χ1) is 12.6. The van der Waals surface area contributed by atoms with Gasteiger partial charge in [-0.3, -0.25) is 14.9 Å². The maximum atomic E-state index is 12.9. The van der Waals surface area contributed by atoms with E-state index >= 15 is 0 Å². The van der Waals surface area contributed by atoms with E-state index in [9.17, 15) is 32.9 Å². The van der Waals surface area contributed by atoms with Crippen molar-refractivity contribution in [1.29, 1.82) is 0 Å². The number of methoxy groups -OCH3 is 1. The summed E-state index contributed by atoms with van der Waals surface area (Å²) in [4.78, 5) is 35.5. The lowest BCUT2D eigenvalue weighted by molar-refractivity contribution is -0.384. The molecule has 1 amide bonds. The standard InChI is InChI=1S/C15H14F3N3O6/c1-27-14(24)9-7-20(4-5-22)13(23)12(9)19-10-6-8(15(16,17)18)2-3-11(10)21(25)26/h2-3,6,19,22H,4-5,7H2,1H3. The van der Waals surface area contributed by atoms with Crippen LogP contribution in [0.2, 0.25) is 0 Å². The van der Waals surface area contributed by atoms with Gasteiger partial charge < -0.3 is 20.1 Å². The van der Waals surface area contributed by atoms with Crippen LogP contribution in [0, 0.1) is 10.1 Å². The van der Waals surface area contributed by atoms with Crippen LogP contribution in [-0.4, -0.2) is 53.6 Å². The zero-order valence-corrected chi connectivity index (χ0v) is 13.9. The maximum absolute atomic E-state index is 12.9. The van der Waals surface area contributed by atoms with Gasteiger partial charge in [-0.1, -0.05) is 0 Å². The number of aliphatic hydroxyl groups excluding tert-OH is 1. The highest BCUT2D eigenvalue weighted by atomic mass is 19.4. The van der Waals surface area contributed by atoms with Gasteiger partial charge in [-0.2, -0.15) is 13.2 Å². The summed E-state index contributed by atoms with van der Waals surface area (Å²) in [6.07, 6.45) is -4.77. The van der Waals surface area contributed by atoms with E-state index in [1.54, 1.807) is 0 Å². The number of anilines is 1. The van der Waals surface area contributed by atoms with E-state index < -0.39 is 52.2 Å². The Kier molecular flexibility index (Phi) is 5.69. The molecule has 0 unspecified atom stereocenters. The molecule has 0 spiro atoms. The number of esters is 1. The predicted molar refractivity (Wildman–Crippen MR) is 84.4 cm³/mol. The maximum Gasteiger partial charge on any atom is 0.416 e. The quantitative estimate of drug-likeness (QED) is 0.427. The molecule has 1 aromatic carbocycles. The number of nitrogens with one attached hydrogen (secondary N) is 1. The smallest absolute Gasteiger partial charge is 0.416 e. The van der Waals surface area contributed by atoms with Crippen LogP contribution < -0.4 is 5.32 Å². The molecule has 0 fully saturated rings. The molecule has 146 valence electrons. The number of ether oxygens (including phenoxy) is 1. The van der Waals surface area contributed by atoms with Gasteiger partial charge in [0.05, 0.1) is 36.3 Å². The van der Waals surface area contributed by atoms with Gasteiger partial charge in [0.1, 0.15) is 11.4 Å². The number of hydrogen-bond acceptors (Lipinski definition) is 7. The van der Waals surface area contributed by atoms with Crippen LogP contribution in [0.25, 0.3) is 0 Å². The van der Waals surface area contributed by atoms with Crippen LogP contribution in [0.4, 0.5) is 24.5 Å². The van der Waals surface area contributed by atoms with Crippen molar-refractivity contribution < 1.29 is 37.5 Å². The number of halogens is 3. The minimum atomic E-state index is -4.77. The third-order valence-corrected chi connectivity index (χ3v) is 3.73. The first-order valence-electron chi connectivity index (χ1n) is 7.44. The van der Waals surface area contributed by atoms with Crippen LogP contribution in [-0.2, 0) is 20.5 Å². The first-order valence-corrected chi connectivity index (χ1v) is 7.44. The van der Waals surface area contributed by atoms with E-state index in [4.69, 9.17) is 5.11 Å². The number of β-amino-alcohol motifs (C(OH)–C–C–N with tert-alkyl or cyclic N) is 1. The number of nitro benzene ring substituents is 1. The van der Waals surface area contributed by atoms with Crippen molar-refractivity contribution in [2.45, 2.75) is 6.18 Å². The fourth-order valence-electron chi connectivity index (χ4n) is 2.46. The summed E-state index contributed by atoms with van der Waals surface area (Å²) >= 11 is 0. The number of benzene rings is 1. The number of carbonyl (C=O) groups excluding carboxylic acids is 2. The number of hydrogen-bond donors (Lipinski definition) is 2. The molecule has 27 heavy (non-hydrogen) atoms. The van der Waals surface area contributed by atoms with Crippen molar-refractivity contribution in [3.8, 4) is 0 Å². The molecule has 1 aromatic rings. The summed E-state index contributed by atoms with van der Waals surface area (Å²) < 4.78 is 43.3. The summed E-state index contributed by atoms with van der Waals surface area (Å²) in [6.45, 7) is -0.826. The second kappa shape index (κ2) is 7.61. The van der Waals surface area contributed by atoms with E-state index in [1.807, 2.05) is 0 Å². The van der Waals surface area contributed by atoms with Crippen LogP contribution in [0.5, 0.6) is 0 Å². The topological polar surface area (TPSA) is 122 Å². The van der Waals surface area contributed by atoms with Gasteiger partial charge in [-0.15, -0.1) is 0 Å². The molecule has 0 aliphatic carbocycles. The third kappa shape index (κ3) is 4.16. The van der Waals surface area contributed by atoms with E-state index in [1.165, 1.54) is 0 Å². The Balaban J connectivity index is 2.52.